The number of methoxy groups -OCH3 is 2. The molecule has 1 saturated heterocycles. The topological polar surface area (TPSA) is 51.1 Å². The molecular weight excluding hydrogens is 372 g/mol. The third-order valence-electron chi connectivity index (χ3n) is 4.63. The predicted molar refractivity (Wildman–Crippen MR) is 115 cm³/mol. The Bertz CT molecular complexity index is 849. The van der Waals surface area contributed by atoms with Gasteiger partial charge in [0.1, 0.15) is 17.2 Å². The molecular formula is C22H26N2O3S. The highest BCUT2D eigenvalue weighted by atomic mass is 32.2. The summed E-state index contributed by atoms with van der Waals surface area (Å²) < 4.78 is 10.6. The molecule has 2 aromatic carbocycles. The lowest BCUT2D eigenvalue weighted by atomic mass is 10.1. The second kappa shape index (κ2) is 9.64. The van der Waals surface area contributed by atoms with Gasteiger partial charge in [-0.3, -0.25) is 9.69 Å². The molecule has 28 heavy (non-hydrogen) atoms. The largest absolute Gasteiger partial charge is 0.497 e. The van der Waals surface area contributed by atoms with Gasteiger partial charge in [-0.2, -0.15) is 0 Å². The molecule has 0 atom stereocenters. The highest BCUT2D eigenvalue weighted by Gasteiger charge is 2.24. The van der Waals surface area contributed by atoms with Crippen molar-refractivity contribution < 1.29 is 14.3 Å². The van der Waals surface area contributed by atoms with Crippen molar-refractivity contribution in [3.63, 3.8) is 0 Å². The summed E-state index contributed by atoms with van der Waals surface area (Å²) in [6, 6.07) is 13.8. The summed E-state index contributed by atoms with van der Waals surface area (Å²) in [5.41, 5.74) is 3.00. The van der Waals surface area contributed by atoms with Crippen LogP contribution in [0.1, 0.15) is 24.0 Å². The van der Waals surface area contributed by atoms with E-state index >= 15 is 0 Å². The zero-order valence-electron chi connectivity index (χ0n) is 16.6. The van der Waals surface area contributed by atoms with E-state index in [1.54, 1.807) is 26.0 Å². The molecule has 0 radical (unpaired) electrons. The number of ether oxygens (including phenoxy) is 2. The number of amides is 1. The first-order chi connectivity index (χ1) is 13.6. The molecule has 2 aromatic rings. The van der Waals surface area contributed by atoms with Crippen LogP contribution in [0.25, 0.3) is 0 Å². The zero-order valence-corrected chi connectivity index (χ0v) is 17.4. The summed E-state index contributed by atoms with van der Waals surface area (Å²) in [7, 11) is 3.29. The summed E-state index contributed by atoms with van der Waals surface area (Å²) >= 11 is 1.63. The van der Waals surface area contributed by atoms with Gasteiger partial charge in [-0.1, -0.05) is 30.0 Å². The molecule has 3 rings (SSSR count). The van der Waals surface area contributed by atoms with Gasteiger partial charge in [-0.05, 0) is 55.2 Å². The Hall–Kier alpha value is -2.47. The quantitative estimate of drug-likeness (QED) is 0.714. The fourth-order valence-corrected chi connectivity index (χ4v) is 4.02. The Morgan fingerprint density at radius 1 is 1.14 bits per heavy atom. The van der Waals surface area contributed by atoms with Crippen molar-refractivity contribution in [2.45, 2.75) is 26.2 Å². The maximum absolute atomic E-state index is 12.9. The van der Waals surface area contributed by atoms with Gasteiger partial charge in [0.2, 0.25) is 5.91 Å². The monoisotopic (exact) mass is 398 g/mol. The Labute approximate surface area is 170 Å². The molecule has 1 aliphatic heterocycles. The van der Waals surface area contributed by atoms with Crippen LogP contribution in [-0.2, 0) is 11.2 Å². The van der Waals surface area contributed by atoms with Crippen molar-refractivity contribution in [3.05, 3.63) is 53.6 Å². The maximum Gasteiger partial charge on any atom is 0.228 e. The van der Waals surface area contributed by atoms with Crippen LogP contribution >= 0.6 is 11.8 Å². The standard InChI is InChI=1S/C22H26N2O3S/c1-16-5-11-20(27-3)19(15-16)23-22-24(13-4-14-28-22)21(25)12-8-17-6-9-18(26-2)10-7-17/h5-7,9-11,15H,4,8,12-14H2,1-3H3. The van der Waals surface area contributed by atoms with Crippen molar-refractivity contribution >= 4 is 28.5 Å². The summed E-state index contributed by atoms with van der Waals surface area (Å²) in [6.07, 6.45) is 2.13. The molecule has 1 amide bonds. The van der Waals surface area contributed by atoms with E-state index in [0.29, 0.717) is 19.4 Å². The first-order valence-electron chi connectivity index (χ1n) is 9.40. The number of hydrogen-bond donors (Lipinski definition) is 0. The molecule has 1 heterocycles. The fraction of sp³-hybridized carbons (Fsp3) is 0.364. The van der Waals surface area contributed by atoms with E-state index in [4.69, 9.17) is 14.5 Å². The maximum atomic E-state index is 12.9. The molecule has 0 bridgehead atoms. The molecule has 5 nitrogen and oxygen atoms in total. The van der Waals surface area contributed by atoms with E-state index in [0.717, 1.165) is 45.7 Å². The minimum Gasteiger partial charge on any atom is -0.497 e. The van der Waals surface area contributed by atoms with Crippen LogP contribution in [0.2, 0.25) is 0 Å². The van der Waals surface area contributed by atoms with Gasteiger partial charge < -0.3 is 9.47 Å². The van der Waals surface area contributed by atoms with E-state index in [1.807, 2.05) is 54.3 Å². The molecule has 0 aromatic heterocycles. The molecule has 0 N–H and O–H groups in total. The molecule has 0 saturated carbocycles. The molecule has 148 valence electrons. The zero-order chi connectivity index (χ0) is 19.9. The summed E-state index contributed by atoms with van der Waals surface area (Å²) in [5, 5.41) is 0.759. The highest BCUT2D eigenvalue weighted by molar-refractivity contribution is 8.13. The molecule has 0 spiro atoms. The average Bonchev–Trinajstić information content (AvgIpc) is 2.73. The molecule has 6 heteroatoms. The van der Waals surface area contributed by atoms with E-state index in [-0.39, 0.29) is 5.91 Å². The Morgan fingerprint density at radius 3 is 2.64 bits per heavy atom. The van der Waals surface area contributed by atoms with E-state index < -0.39 is 0 Å². The second-order valence-electron chi connectivity index (χ2n) is 6.67. The lowest BCUT2D eigenvalue weighted by Gasteiger charge is -2.28. The van der Waals surface area contributed by atoms with E-state index in [1.165, 1.54) is 0 Å². The van der Waals surface area contributed by atoms with Crippen molar-refractivity contribution in [2.24, 2.45) is 4.99 Å². The van der Waals surface area contributed by atoms with Crippen LogP contribution in [-0.4, -0.2) is 42.5 Å². The van der Waals surface area contributed by atoms with Gasteiger partial charge in [-0.15, -0.1) is 0 Å². The van der Waals surface area contributed by atoms with Crippen LogP contribution in [0.5, 0.6) is 11.5 Å². The van der Waals surface area contributed by atoms with E-state index in [9.17, 15) is 4.79 Å². The van der Waals surface area contributed by atoms with Crippen molar-refractivity contribution in [1.29, 1.82) is 0 Å². The number of amidine groups is 1. The van der Waals surface area contributed by atoms with Crippen LogP contribution in [0.15, 0.2) is 47.5 Å². The minimum atomic E-state index is 0.105. The normalized spacial score (nSPS) is 15.5. The summed E-state index contributed by atoms with van der Waals surface area (Å²) in [6.45, 7) is 2.73. The van der Waals surface area contributed by atoms with Gasteiger partial charge in [0.25, 0.3) is 0 Å². The molecule has 0 aliphatic carbocycles. The number of aliphatic imine (C=N–C) groups is 1. The van der Waals surface area contributed by atoms with Crippen molar-refractivity contribution in [2.75, 3.05) is 26.5 Å². The molecule has 0 unspecified atom stereocenters. The Balaban J connectivity index is 1.73. The smallest absolute Gasteiger partial charge is 0.228 e. The van der Waals surface area contributed by atoms with Crippen molar-refractivity contribution in [3.8, 4) is 11.5 Å². The SMILES string of the molecule is COc1ccc(CCC(=O)N2CCCSC2=Nc2cc(C)ccc2OC)cc1. The van der Waals surface area contributed by atoms with E-state index in [2.05, 4.69) is 0 Å². The number of nitrogens with zero attached hydrogens (tertiary/aromatic N) is 2. The Morgan fingerprint density at radius 2 is 1.93 bits per heavy atom. The number of hydrogen-bond acceptors (Lipinski definition) is 5. The van der Waals surface area contributed by atoms with Gasteiger partial charge in [-0.25, -0.2) is 4.99 Å². The number of benzene rings is 2. The van der Waals surface area contributed by atoms with Crippen LogP contribution in [0.3, 0.4) is 0 Å². The highest BCUT2D eigenvalue weighted by Crippen LogP contribution is 2.31. The predicted octanol–water partition coefficient (Wildman–Crippen LogP) is 4.60. The number of rotatable bonds is 6. The van der Waals surface area contributed by atoms with Gasteiger partial charge in [0.05, 0.1) is 14.2 Å². The van der Waals surface area contributed by atoms with Crippen LogP contribution in [0.4, 0.5) is 5.69 Å². The van der Waals surface area contributed by atoms with Gasteiger partial charge in [0.15, 0.2) is 5.17 Å². The number of aryl methyl sites for hydroxylation is 2. The van der Waals surface area contributed by atoms with Crippen LogP contribution < -0.4 is 9.47 Å². The average molecular weight is 399 g/mol. The third kappa shape index (κ3) is 5.07. The minimum absolute atomic E-state index is 0.105. The number of carbonyl (C=O) groups excluding carboxylic acids is 1. The molecule has 1 aliphatic rings. The first-order valence-corrected chi connectivity index (χ1v) is 10.4. The van der Waals surface area contributed by atoms with Crippen LogP contribution in [0, 0.1) is 6.92 Å². The molecule has 1 fully saturated rings. The summed E-state index contributed by atoms with van der Waals surface area (Å²) in [5.74, 6) is 2.61. The summed E-state index contributed by atoms with van der Waals surface area (Å²) in [4.78, 5) is 19.5. The van der Waals surface area contributed by atoms with Gasteiger partial charge >= 0.3 is 0 Å². The van der Waals surface area contributed by atoms with Gasteiger partial charge in [0, 0.05) is 18.7 Å². The third-order valence-corrected chi connectivity index (χ3v) is 5.69. The number of carbonyl (C=O) groups is 1. The number of thioether (sulfide) groups is 1. The van der Waals surface area contributed by atoms with Crippen molar-refractivity contribution in [1.82, 2.24) is 4.90 Å². The fourth-order valence-electron chi connectivity index (χ4n) is 3.05. The second-order valence-corrected chi connectivity index (χ2v) is 7.73. The lowest BCUT2D eigenvalue weighted by Crippen LogP contribution is -2.39. The lowest BCUT2D eigenvalue weighted by molar-refractivity contribution is -0.127. The Kier molecular flexibility index (Phi) is 6.98. The first kappa shape index (κ1) is 20.3.